The topological polar surface area (TPSA) is 211 Å². The van der Waals surface area contributed by atoms with E-state index in [-0.39, 0.29) is 5.91 Å². The van der Waals surface area contributed by atoms with Crippen molar-refractivity contribution in [2.45, 2.75) is 73.5 Å². The van der Waals surface area contributed by atoms with Crippen LogP contribution in [0.1, 0.15) is 78.5 Å². The normalized spacial score (nSPS) is 13.0. The summed E-state index contributed by atoms with van der Waals surface area (Å²) < 4.78 is 0. The molecule has 0 atom stereocenters. The molecule has 276 valence electrons. The summed E-state index contributed by atoms with van der Waals surface area (Å²) in [5.74, 6) is -0.405. The van der Waals surface area contributed by atoms with Gasteiger partial charge in [0.05, 0.1) is 50.3 Å². The van der Waals surface area contributed by atoms with Gasteiger partial charge < -0.3 is 25.1 Å². The van der Waals surface area contributed by atoms with Gasteiger partial charge in [0.25, 0.3) is 5.91 Å². The summed E-state index contributed by atoms with van der Waals surface area (Å²) in [6.07, 6.45) is 4.44. The number of carbonyl (C=O) groups excluding carboxylic acids is 3. The Morgan fingerprint density at radius 3 is 1.62 bits per heavy atom. The van der Waals surface area contributed by atoms with Crippen LogP contribution in [0.5, 0.6) is 0 Å². The van der Waals surface area contributed by atoms with Crippen LogP contribution >= 0.6 is 0 Å². The third-order valence-corrected chi connectivity index (χ3v) is 8.68. The molecule has 1 amide bonds. The highest BCUT2D eigenvalue weighted by Gasteiger charge is 2.25. The predicted molar refractivity (Wildman–Crippen MR) is 196 cm³/mol. The first-order chi connectivity index (χ1) is 25.1. The highest BCUT2D eigenvalue weighted by Crippen LogP contribution is 2.31. The minimum Gasteiger partial charge on any atom is -0.550 e. The lowest BCUT2D eigenvalue weighted by molar-refractivity contribution is -0.447. The van der Waals surface area contributed by atoms with Crippen molar-refractivity contribution in [2.24, 2.45) is 0 Å². The largest absolute Gasteiger partial charge is 0.550 e. The van der Waals surface area contributed by atoms with Gasteiger partial charge in [-0.15, -0.1) is 0 Å². The fourth-order valence-corrected chi connectivity index (χ4v) is 6.60. The van der Waals surface area contributed by atoms with Crippen LogP contribution in [0.15, 0.2) is 42.6 Å². The van der Waals surface area contributed by atoms with Gasteiger partial charge in [-0.1, -0.05) is 45.0 Å². The van der Waals surface area contributed by atoms with E-state index in [1.807, 2.05) is 30.3 Å². The van der Waals surface area contributed by atoms with Crippen LogP contribution in [0, 0.1) is 0 Å². The van der Waals surface area contributed by atoms with E-state index in [4.69, 9.17) is 24.8 Å². The first kappa shape index (κ1) is 39.0. The van der Waals surface area contributed by atoms with Crippen molar-refractivity contribution in [3.05, 3.63) is 81.7 Å². The Bertz CT molecular complexity index is 1900. The van der Waals surface area contributed by atoms with Crippen molar-refractivity contribution >= 4 is 51.6 Å². The minimum atomic E-state index is -1.08. The minimum absolute atomic E-state index is 0.187. The number of carbonyl (C=O) groups is 3. The molecule has 2 aromatic heterocycles. The lowest BCUT2D eigenvalue weighted by Crippen LogP contribution is -2.73. The van der Waals surface area contributed by atoms with Gasteiger partial charge in [0.2, 0.25) is 0 Å². The zero-order valence-corrected chi connectivity index (χ0v) is 30.5. The van der Waals surface area contributed by atoms with Crippen molar-refractivity contribution in [3.8, 4) is 0 Å². The monoisotopic (exact) mass is 711 g/mol. The number of amides is 1. The summed E-state index contributed by atoms with van der Waals surface area (Å²) >= 11 is 0. The molecule has 4 heterocycles. The fourth-order valence-electron chi connectivity index (χ4n) is 6.60. The summed E-state index contributed by atoms with van der Waals surface area (Å²) in [7, 11) is 0. The second-order valence-electron chi connectivity index (χ2n) is 12.2. The molecule has 2 aromatic carbocycles. The third-order valence-electron chi connectivity index (χ3n) is 8.68. The Labute approximate surface area is 303 Å². The number of hydrogen-bond acceptors (Lipinski definition) is 11. The van der Waals surface area contributed by atoms with Gasteiger partial charge in [-0.3, -0.25) is 41.0 Å². The number of benzene rings is 2. The standard InChI is InChI=1S/C34H41N9O.2C2H4O2/c1-4-23-26(18-40-32(44)29-12-11-22-10-9-21-8-7-13-35-30(21)31(22)43-29)24(5-2)28(20-42-34-38-16-17-39-34)25(6-3)27(23)19-41-33-36-14-15-37-33;2*1-2(3)4/h7-13H,4-6,14-20H2,1-3H3,(H,40,44)(H2,36,37,41)(H2,38,39,42);2*1H3,(H,3,4). The first-order valence-electron chi connectivity index (χ1n) is 17.7. The first-order valence-corrected chi connectivity index (χ1v) is 17.7. The zero-order valence-electron chi connectivity index (χ0n) is 30.5. The van der Waals surface area contributed by atoms with E-state index in [0.29, 0.717) is 25.3 Å². The van der Waals surface area contributed by atoms with Crippen molar-refractivity contribution in [1.82, 2.24) is 36.6 Å². The molecule has 4 aromatic rings. The molecule has 2 aliphatic rings. The number of fused-ring (bicyclic) bond motifs is 3. The number of pyridine rings is 2. The average molecular weight is 712 g/mol. The van der Waals surface area contributed by atoms with E-state index in [1.165, 1.54) is 33.4 Å². The Balaban J connectivity index is 0.000000687. The lowest BCUT2D eigenvalue weighted by Gasteiger charge is -2.25. The molecule has 0 bridgehead atoms. The van der Waals surface area contributed by atoms with Gasteiger partial charge in [0, 0.05) is 35.5 Å². The van der Waals surface area contributed by atoms with Crippen LogP contribution < -0.4 is 46.8 Å². The summed E-state index contributed by atoms with van der Waals surface area (Å²) in [5, 5.41) is 37.0. The second kappa shape index (κ2) is 19.0. The van der Waals surface area contributed by atoms with Crippen LogP contribution in [-0.4, -0.2) is 65.9 Å². The number of carboxylic acids is 2. The number of aromatic nitrogens is 2. The lowest BCUT2D eigenvalue weighted by atomic mass is 9.83. The summed E-state index contributed by atoms with van der Waals surface area (Å²) in [6.45, 7) is 14.1. The van der Waals surface area contributed by atoms with Crippen molar-refractivity contribution < 1.29 is 34.6 Å². The molecule has 0 radical (unpaired) electrons. The number of carboxylic acid groups (broad SMARTS) is 2. The van der Waals surface area contributed by atoms with E-state index in [9.17, 15) is 4.79 Å². The van der Waals surface area contributed by atoms with Crippen LogP contribution in [0.3, 0.4) is 0 Å². The maximum absolute atomic E-state index is 13.6. The number of aliphatic carboxylic acids is 2. The molecule has 52 heavy (non-hydrogen) atoms. The second-order valence-corrected chi connectivity index (χ2v) is 12.2. The number of nitrogens with zero attached hydrogens (tertiary/aromatic N) is 2. The molecule has 7 N–H and O–H groups in total. The highest BCUT2D eigenvalue weighted by molar-refractivity contribution is 6.04. The van der Waals surface area contributed by atoms with Gasteiger partial charge in [-0.05, 0) is 78.6 Å². The summed E-state index contributed by atoms with van der Waals surface area (Å²) in [6, 6.07) is 11.8. The molecule has 2 aliphatic heterocycles. The summed E-state index contributed by atoms with van der Waals surface area (Å²) in [4.78, 5) is 47.5. The highest BCUT2D eigenvalue weighted by atomic mass is 16.4. The van der Waals surface area contributed by atoms with Crippen molar-refractivity contribution in [1.29, 1.82) is 0 Å². The van der Waals surface area contributed by atoms with E-state index in [2.05, 4.69) is 62.3 Å². The smallest absolute Gasteiger partial charge is 0.343 e. The molecule has 14 nitrogen and oxygen atoms in total. The maximum atomic E-state index is 13.6. The van der Waals surface area contributed by atoms with Gasteiger partial charge in [-0.25, -0.2) is 4.98 Å². The van der Waals surface area contributed by atoms with Crippen LogP contribution in [0.2, 0.25) is 0 Å². The Hall–Kier alpha value is -5.79. The number of rotatable bonds is 10. The number of guanidine groups is 2. The SMILES string of the molecule is CC(=O)[O-].CC(=O)[O-].CCc1c(CNC(=O)c2ccc3ccc4cccnc4c3n2)c(CC)c(CNC2=[NH+]CCN2)c(CC)c1CNC1=[NH+]CCN1. The molecule has 0 saturated carbocycles. The maximum Gasteiger partial charge on any atom is 0.343 e. The molecule has 0 spiro atoms. The van der Waals surface area contributed by atoms with Crippen molar-refractivity contribution in [3.63, 3.8) is 0 Å². The van der Waals surface area contributed by atoms with Gasteiger partial charge in [-0.2, -0.15) is 0 Å². The number of nitrogens with one attached hydrogen (secondary N) is 7. The zero-order chi connectivity index (χ0) is 37.6. The van der Waals surface area contributed by atoms with E-state index >= 15 is 0 Å². The Morgan fingerprint density at radius 2 is 1.15 bits per heavy atom. The molecule has 6 rings (SSSR count). The van der Waals surface area contributed by atoms with Crippen molar-refractivity contribution in [2.75, 3.05) is 26.2 Å². The molecular weight excluding hydrogens is 662 g/mol. The molecule has 0 unspecified atom stereocenters. The van der Waals surface area contributed by atoms with Gasteiger partial charge >= 0.3 is 11.9 Å². The van der Waals surface area contributed by atoms with E-state index in [0.717, 1.165) is 93.0 Å². The van der Waals surface area contributed by atoms with Crippen LogP contribution in [-0.2, 0) is 48.5 Å². The summed E-state index contributed by atoms with van der Waals surface area (Å²) in [5.41, 5.74) is 9.76. The average Bonchev–Trinajstić information content (AvgIpc) is 3.86. The van der Waals surface area contributed by atoms with Gasteiger partial charge in [0.15, 0.2) is 0 Å². The third kappa shape index (κ3) is 10.1. The quantitative estimate of drug-likeness (QED) is 0.0834. The van der Waals surface area contributed by atoms with Crippen LogP contribution in [0.4, 0.5) is 0 Å². The Kier molecular flexibility index (Phi) is 14.2. The molecule has 0 fully saturated rings. The van der Waals surface area contributed by atoms with Crippen LogP contribution in [0.25, 0.3) is 21.8 Å². The predicted octanol–water partition coefficient (Wildman–Crippen LogP) is -2.83. The van der Waals surface area contributed by atoms with E-state index in [1.54, 1.807) is 12.3 Å². The number of hydrogen-bond donors (Lipinski definition) is 7. The Morgan fingerprint density at radius 1 is 0.692 bits per heavy atom. The van der Waals surface area contributed by atoms with E-state index < -0.39 is 11.9 Å². The van der Waals surface area contributed by atoms with Gasteiger partial charge in [0.1, 0.15) is 5.69 Å². The molecule has 0 aliphatic carbocycles. The molecular formula is C38H49N9O5. The fraction of sp³-hybridized carbons (Fsp3) is 0.395. The molecule has 14 heteroatoms. The molecule has 0 saturated heterocycles.